The van der Waals surface area contributed by atoms with Gasteiger partial charge in [-0.05, 0) is 30.7 Å². The highest BCUT2D eigenvalue weighted by Crippen LogP contribution is 2.17. The monoisotopic (exact) mass is 261 g/mol. The van der Waals surface area contributed by atoms with E-state index in [1.54, 1.807) is 37.1 Å². The number of benzene rings is 1. The maximum Gasteiger partial charge on any atom is 0.256 e. The molecule has 4 nitrogen and oxygen atoms in total. The molecule has 0 fully saturated rings. The molecule has 0 aliphatic heterocycles. The molecule has 19 heavy (non-hydrogen) atoms. The van der Waals surface area contributed by atoms with Crippen LogP contribution < -0.4 is 0 Å². The second-order valence-corrected chi connectivity index (χ2v) is 4.45. The van der Waals surface area contributed by atoms with Crippen LogP contribution in [0.15, 0.2) is 30.5 Å². The average molecular weight is 261 g/mol. The largest absolute Gasteiger partial charge is 0.345 e. The molecule has 5 heteroatoms. The van der Waals surface area contributed by atoms with E-state index in [-0.39, 0.29) is 11.7 Å². The number of halogens is 1. The number of hydrogen-bond acceptors (Lipinski definition) is 2. The van der Waals surface area contributed by atoms with Crippen LogP contribution in [0.5, 0.6) is 0 Å². The minimum Gasteiger partial charge on any atom is -0.345 e. The lowest BCUT2D eigenvalue weighted by atomic mass is 10.2. The Morgan fingerprint density at radius 1 is 1.32 bits per heavy atom. The Morgan fingerprint density at radius 3 is 2.47 bits per heavy atom. The number of nitrogens with zero attached hydrogens (tertiary/aromatic N) is 3. The van der Waals surface area contributed by atoms with Crippen molar-refractivity contribution in [1.82, 2.24) is 14.7 Å². The molecular formula is C14H16FN3O. The van der Waals surface area contributed by atoms with Gasteiger partial charge in [0.15, 0.2) is 0 Å². The summed E-state index contributed by atoms with van der Waals surface area (Å²) in [7, 11) is 3.41. The smallest absolute Gasteiger partial charge is 0.256 e. The molecule has 1 heterocycles. The maximum atomic E-state index is 12.9. The molecule has 0 bridgehead atoms. The first-order valence-electron chi connectivity index (χ1n) is 6.09. The lowest BCUT2D eigenvalue weighted by molar-refractivity contribution is 0.0826. The normalized spacial score (nSPS) is 10.5. The Hall–Kier alpha value is -2.17. The van der Waals surface area contributed by atoms with Gasteiger partial charge in [0, 0.05) is 14.1 Å². The van der Waals surface area contributed by atoms with E-state index in [0.717, 1.165) is 11.4 Å². The summed E-state index contributed by atoms with van der Waals surface area (Å²) >= 11 is 0. The molecule has 0 saturated carbocycles. The van der Waals surface area contributed by atoms with Crippen LogP contribution in [0.2, 0.25) is 0 Å². The Balaban J connectivity index is 2.48. The average Bonchev–Trinajstić information content (AvgIpc) is 2.82. The highest BCUT2D eigenvalue weighted by Gasteiger charge is 2.18. The van der Waals surface area contributed by atoms with Crippen molar-refractivity contribution in [3.05, 3.63) is 47.5 Å². The zero-order chi connectivity index (χ0) is 14.0. The van der Waals surface area contributed by atoms with Gasteiger partial charge in [0.05, 0.1) is 23.1 Å². The van der Waals surface area contributed by atoms with Crippen molar-refractivity contribution < 1.29 is 9.18 Å². The van der Waals surface area contributed by atoms with Crippen LogP contribution in [-0.4, -0.2) is 34.7 Å². The molecule has 0 spiro atoms. The van der Waals surface area contributed by atoms with Crippen LogP contribution in [0.3, 0.4) is 0 Å². The van der Waals surface area contributed by atoms with Crippen LogP contribution in [-0.2, 0) is 6.42 Å². The van der Waals surface area contributed by atoms with Gasteiger partial charge in [0.25, 0.3) is 5.91 Å². The van der Waals surface area contributed by atoms with E-state index in [1.807, 2.05) is 6.92 Å². The summed E-state index contributed by atoms with van der Waals surface area (Å²) in [4.78, 5) is 13.6. The van der Waals surface area contributed by atoms with Crippen LogP contribution in [0, 0.1) is 5.82 Å². The van der Waals surface area contributed by atoms with Gasteiger partial charge in [-0.1, -0.05) is 6.92 Å². The molecule has 0 N–H and O–H groups in total. The number of aromatic nitrogens is 2. The summed E-state index contributed by atoms with van der Waals surface area (Å²) in [6.07, 6.45) is 2.23. The van der Waals surface area contributed by atoms with E-state index in [9.17, 15) is 9.18 Å². The molecule has 0 aliphatic rings. The molecule has 2 aromatic rings. The highest BCUT2D eigenvalue weighted by atomic mass is 19.1. The SMILES string of the molecule is CCc1c(C(=O)N(C)C)cnn1-c1ccc(F)cc1. The second-order valence-electron chi connectivity index (χ2n) is 4.45. The molecule has 1 amide bonds. The van der Waals surface area contributed by atoms with E-state index in [0.29, 0.717) is 12.0 Å². The van der Waals surface area contributed by atoms with Crippen molar-refractivity contribution in [2.45, 2.75) is 13.3 Å². The Labute approximate surface area is 111 Å². The lowest BCUT2D eigenvalue weighted by Crippen LogP contribution is -2.22. The van der Waals surface area contributed by atoms with Crippen molar-refractivity contribution >= 4 is 5.91 Å². The fourth-order valence-corrected chi connectivity index (χ4v) is 1.94. The second kappa shape index (κ2) is 5.22. The van der Waals surface area contributed by atoms with Gasteiger partial charge in [0.2, 0.25) is 0 Å². The van der Waals surface area contributed by atoms with E-state index in [4.69, 9.17) is 0 Å². The molecule has 2 rings (SSSR count). The third-order valence-corrected chi connectivity index (χ3v) is 2.91. The summed E-state index contributed by atoms with van der Waals surface area (Å²) in [6.45, 7) is 1.96. The third kappa shape index (κ3) is 2.50. The van der Waals surface area contributed by atoms with E-state index in [1.165, 1.54) is 17.0 Å². The van der Waals surface area contributed by atoms with Gasteiger partial charge >= 0.3 is 0 Å². The van der Waals surface area contributed by atoms with Crippen LogP contribution in [0.1, 0.15) is 23.0 Å². The zero-order valence-corrected chi connectivity index (χ0v) is 11.2. The fourth-order valence-electron chi connectivity index (χ4n) is 1.94. The number of amides is 1. The van der Waals surface area contributed by atoms with E-state index >= 15 is 0 Å². The van der Waals surface area contributed by atoms with Crippen LogP contribution in [0.25, 0.3) is 5.69 Å². The Kier molecular flexibility index (Phi) is 3.64. The van der Waals surface area contributed by atoms with Crippen molar-refractivity contribution in [1.29, 1.82) is 0 Å². The fraction of sp³-hybridized carbons (Fsp3) is 0.286. The molecular weight excluding hydrogens is 245 g/mol. The first kappa shape index (κ1) is 13.3. The number of carbonyl (C=O) groups excluding carboxylic acids is 1. The highest BCUT2D eigenvalue weighted by molar-refractivity contribution is 5.94. The van der Waals surface area contributed by atoms with E-state index < -0.39 is 0 Å². The summed E-state index contributed by atoms with van der Waals surface area (Å²) in [6, 6.07) is 6.05. The van der Waals surface area contributed by atoms with Gasteiger partial charge in [-0.3, -0.25) is 4.79 Å². The summed E-state index contributed by atoms with van der Waals surface area (Å²) in [5, 5.41) is 4.24. The molecule has 0 unspecified atom stereocenters. The molecule has 100 valence electrons. The van der Waals surface area contributed by atoms with Crippen molar-refractivity contribution in [2.75, 3.05) is 14.1 Å². The maximum absolute atomic E-state index is 12.9. The van der Waals surface area contributed by atoms with Crippen LogP contribution >= 0.6 is 0 Å². The van der Waals surface area contributed by atoms with E-state index in [2.05, 4.69) is 5.10 Å². The van der Waals surface area contributed by atoms with Gasteiger partial charge < -0.3 is 4.90 Å². The Bertz CT molecular complexity index is 587. The van der Waals surface area contributed by atoms with Crippen LogP contribution in [0.4, 0.5) is 4.39 Å². The van der Waals surface area contributed by atoms with Crippen molar-refractivity contribution in [3.8, 4) is 5.69 Å². The molecule has 0 radical (unpaired) electrons. The predicted molar refractivity (Wildman–Crippen MR) is 70.9 cm³/mol. The molecule has 0 atom stereocenters. The lowest BCUT2D eigenvalue weighted by Gasteiger charge is -2.11. The first-order valence-corrected chi connectivity index (χ1v) is 6.09. The van der Waals surface area contributed by atoms with Crippen molar-refractivity contribution in [3.63, 3.8) is 0 Å². The minimum absolute atomic E-state index is 0.0785. The molecule has 0 saturated heterocycles. The summed E-state index contributed by atoms with van der Waals surface area (Å²) in [5.41, 5.74) is 2.15. The number of hydrogen-bond donors (Lipinski definition) is 0. The topological polar surface area (TPSA) is 38.1 Å². The van der Waals surface area contributed by atoms with Gasteiger partial charge in [0.1, 0.15) is 5.82 Å². The zero-order valence-electron chi connectivity index (χ0n) is 11.2. The van der Waals surface area contributed by atoms with Gasteiger partial charge in [-0.15, -0.1) is 0 Å². The number of carbonyl (C=O) groups is 1. The summed E-state index contributed by atoms with van der Waals surface area (Å²) < 4.78 is 14.6. The summed E-state index contributed by atoms with van der Waals surface area (Å²) in [5.74, 6) is -0.372. The molecule has 1 aromatic heterocycles. The first-order chi connectivity index (χ1) is 9.04. The number of rotatable bonds is 3. The minimum atomic E-state index is -0.293. The standard InChI is InChI=1S/C14H16FN3O/c1-4-13-12(14(19)17(2)3)9-16-18(13)11-7-5-10(15)6-8-11/h5-9H,4H2,1-3H3. The van der Waals surface area contributed by atoms with Crippen molar-refractivity contribution in [2.24, 2.45) is 0 Å². The quantitative estimate of drug-likeness (QED) is 0.850. The predicted octanol–water partition coefficient (Wildman–Crippen LogP) is 2.28. The molecule has 0 aliphatic carbocycles. The molecule has 1 aromatic carbocycles. The van der Waals surface area contributed by atoms with Gasteiger partial charge in [-0.25, -0.2) is 9.07 Å². The van der Waals surface area contributed by atoms with Gasteiger partial charge in [-0.2, -0.15) is 5.10 Å². The third-order valence-electron chi connectivity index (χ3n) is 2.91. The Morgan fingerprint density at radius 2 is 1.95 bits per heavy atom.